The minimum absolute atomic E-state index is 0.174. The first-order chi connectivity index (χ1) is 15.0. The number of ether oxygens (including phenoxy) is 2. The second-order valence-corrected chi connectivity index (χ2v) is 8.59. The zero-order valence-corrected chi connectivity index (χ0v) is 19.5. The van der Waals surface area contributed by atoms with Gasteiger partial charge in [-0.2, -0.15) is 0 Å². The molecule has 0 heterocycles. The molecular weight excluding hydrogens is 454 g/mol. The van der Waals surface area contributed by atoms with Gasteiger partial charge in [-0.3, -0.25) is 4.79 Å². The Bertz CT molecular complexity index is 972. The predicted molar refractivity (Wildman–Crippen MR) is 129 cm³/mol. The molecule has 0 unspecified atom stereocenters. The van der Waals surface area contributed by atoms with Gasteiger partial charge in [0.15, 0.2) is 0 Å². The molecule has 0 aliphatic heterocycles. The van der Waals surface area contributed by atoms with Crippen molar-refractivity contribution in [2.24, 2.45) is 5.92 Å². The lowest BCUT2D eigenvalue weighted by atomic mass is 10.1. The van der Waals surface area contributed by atoms with Gasteiger partial charge in [-0.25, -0.2) is 0 Å². The van der Waals surface area contributed by atoms with Crippen molar-refractivity contribution in [1.82, 2.24) is 0 Å². The molecule has 0 aliphatic carbocycles. The van der Waals surface area contributed by atoms with E-state index in [1.165, 1.54) is 5.56 Å². The van der Waals surface area contributed by atoms with E-state index >= 15 is 0 Å². The number of anilines is 1. The topological polar surface area (TPSA) is 47.6 Å². The van der Waals surface area contributed by atoms with Crippen LogP contribution in [0.15, 0.2) is 77.3 Å². The number of hydrogen-bond acceptors (Lipinski definition) is 3. The Hall–Kier alpha value is -2.79. The van der Waals surface area contributed by atoms with Gasteiger partial charge in [-0.15, -0.1) is 0 Å². The van der Waals surface area contributed by atoms with E-state index in [9.17, 15) is 4.79 Å². The molecule has 162 valence electrons. The van der Waals surface area contributed by atoms with Crippen molar-refractivity contribution in [2.45, 2.75) is 26.7 Å². The van der Waals surface area contributed by atoms with Crippen molar-refractivity contribution in [3.8, 4) is 11.5 Å². The van der Waals surface area contributed by atoms with Gasteiger partial charge in [-0.1, -0.05) is 44.2 Å². The average Bonchev–Trinajstić information content (AvgIpc) is 2.76. The highest BCUT2D eigenvalue weighted by molar-refractivity contribution is 9.10. The Morgan fingerprint density at radius 1 is 0.935 bits per heavy atom. The van der Waals surface area contributed by atoms with Crippen LogP contribution in [0.4, 0.5) is 5.69 Å². The maximum absolute atomic E-state index is 12.6. The lowest BCUT2D eigenvalue weighted by Gasteiger charge is -2.11. The SMILES string of the molecule is CC(C)CCOc1ccc(C(=O)Nc2ccc(OCCc3ccccc3)cc2)cc1Br. The molecular formula is C26H28BrNO3. The zero-order valence-electron chi connectivity index (χ0n) is 17.9. The molecule has 31 heavy (non-hydrogen) atoms. The monoisotopic (exact) mass is 481 g/mol. The Morgan fingerprint density at radius 2 is 1.68 bits per heavy atom. The summed E-state index contributed by atoms with van der Waals surface area (Å²) in [5.41, 5.74) is 2.52. The fourth-order valence-corrected chi connectivity index (χ4v) is 3.43. The number of benzene rings is 3. The van der Waals surface area contributed by atoms with Gasteiger partial charge in [0.2, 0.25) is 0 Å². The number of carbonyl (C=O) groups is 1. The molecule has 0 saturated heterocycles. The third-order valence-electron chi connectivity index (χ3n) is 4.76. The van der Waals surface area contributed by atoms with E-state index < -0.39 is 0 Å². The molecule has 3 aromatic carbocycles. The minimum Gasteiger partial charge on any atom is -0.493 e. The standard InChI is InChI=1S/C26H28BrNO3/c1-19(2)14-16-31-25-13-8-21(18-24(25)27)26(29)28-22-9-11-23(12-10-22)30-17-15-20-6-4-3-5-7-20/h3-13,18-19H,14-17H2,1-2H3,(H,28,29). The van der Waals surface area contributed by atoms with Crippen molar-refractivity contribution in [2.75, 3.05) is 18.5 Å². The Balaban J connectivity index is 1.50. The summed E-state index contributed by atoms with van der Waals surface area (Å²) >= 11 is 3.50. The summed E-state index contributed by atoms with van der Waals surface area (Å²) in [7, 11) is 0. The summed E-state index contributed by atoms with van der Waals surface area (Å²) in [5.74, 6) is 1.94. The summed E-state index contributed by atoms with van der Waals surface area (Å²) < 4.78 is 12.3. The van der Waals surface area contributed by atoms with Crippen LogP contribution in [0.2, 0.25) is 0 Å². The predicted octanol–water partition coefficient (Wildman–Crippen LogP) is 6.75. The molecule has 0 radical (unpaired) electrons. The molecule has 1 N–H and O–H groups in total. The third-order valence-corrected chi connectivity index (χ3v) is 5.38. The molecule has 0 atom stereocenters. The van der Waals surface area contributed by atoms with Crippen LogP contribution >= 0.6 is 15.9 Å². The molecule has 0 aliphatic rings. The highest BCUT2D eigenvalue weighted by atomic mass is 79.9. The number of halogens is 1. The van der Waals surface area contributed by atoms with Gasteiger partial charge in [0, 0.05) is 17.7 Å². The van der Waals surface area contributed by atoms with E-state index in [1.54, 1.807) is 12.1 Å². The van der Waals surface area contributed by atoms with Crippen LogP contribution in [0.25, 0.3) is 0 Å². The van der Waals surface area contributed by atoms with Gasteiger partial charge in [0.05, 0.1) is 17.7 Å². The number of amides is 1. The second-order valence-electron chi connectivity index (χ2n) is 7.74. The van der Waals surface area contributed by atoms with E-state index in [0.717, 1.165) is 28.8 Å². The summed E-state index contributed by atoms with van der Waals surface area (Å²) in [4.78, 5) is 12.6. The molecule has 4 nitrogen and oxygen atoms in total. The molecule has 0 fully saturated rings. The van der Waals surface area contributed by atoms with Crippen molar-refractivity contribution in [1.29, 1.82) is 0 Å². The first kappa shape index (κ1) is 22.9. The maximum atomic E-state index is 12.6. The van der Waals surface area contributed by atoms with Gasteiger partial charge in [-0.05, 0) is 76.3 Å². The summed E-state index contributed by atoms with van der Waals surface area (Å²) in [6.45, 7) is 5.58. The molecule has 0 saturated carbocycles. The van der Waals surface area contributed by atoms with Gasteiger partial charge in [0.25, 0.3) is 5.91 Å². The quantitative estimate of drug-likeness (QED) is 0.348. The van der Waals surface area contributed by atoms with E-state index in [2.05, 4.69) is 47.2 Å². The summed E-state index contributed by atoms with van der Waals surface area (Å²) in [6, 6.07) is 23.0. The Labute approximate surface area is 192 Å². The average molecular weight is 482 g/mol. The van der Waals surface area contributed by atoms with Gasteiger partial charge in [0.1, 0.15) is 11.5 Å². The maximum Gasteiger partial charge on any atom is 0.255 e. The second kappa shape index (κ2) is 11.6. The summed E-state index contributed by atoms with van der Waals surface area (Å²) in [5, 5.41) is 2.92. The van der Waals surface area contributed by atoms with Crippen LogP contribution in [0.1, 0.15) is 36.2 Å². The Kier molecular flexibility index (Phi) is 8.53. The van der Waals surface area contributed by atoms with Crippen LogP contribution in [0.3, 0.4) is 0 Å². The smallest absolute Gasteiger partial charge is 0.255 e. The van der Waals surface area contributed by atoms with Crippen molar-refractivity contribution < 1.29 is 14.3 Å². The first-order valence-corrected chi connectivity index (χ1v) is 11.3. The lowest BCUT2D eigenvalue weighted by molar-refractivity contribution is 0.102. The molecule has 0 spiro atoms. The molecule has 0 aromatic heterocycles. The third kappa shape index (κ3) is 7.44. The van der Waals surface area contributed by atoms with Crippen LogP contribution in [0, 0.1) is 5.92 Å². The van der Waals surface area contributed by atoms with Crippen molar-refractivity contribution >= 4 is 27.5 Å². The van der Waals surface area contributed by atoms with Gasteiger partial charge >= 0.3 is 0 Å². The largest absolute Gasteiger partial charge is 0.493 e. The first-order valence-electron chi connectivity index (χ1n) is 10.5. The number of hydrogen-bond donors (Lipinski definition) is 1. The van der Waals surface area contributed by atoms with Crippen LogP contribution in [0.5, 0.6) is 11.5 Å². The number of rotatable bonds is 10. The number of nitrogens with one attached hydrogen (secondary N) is 1. The minimum atomic E-state index is -0.174. The summed E-state index contributed by atoms with van der Waals surface area (Å²) in [6.07, 6.45) is 1.84. The Morgan fingerprint density at radius 3 is 2.35 bits per heavy atom. The van der Waals surface area contributed by atoms with Crippen LogP contribution in [-0.2, 0) is 6.42 Å². The zero-order chi connectivity index (χ0) is 22.1. The fraction of sp³-hybridized carbons (Fsp3) is 0.269. The molecule has 3 aromatic rings. The van der Waals surface area contributed by atoms with Crippen LogP contribution < -0.4 is 14.8 Å². The van der Waals surface area contributed by atoms with Crippen LogP contribution in [-0.4, -0.2) is 19.1 Å². The van der Waals surface area contributed by atoms with E-state index in [1.807, 2.05) is 48.5 Å². The number of carbonyl (C=O) groups excluding carboxylic acids is 1. The fourth-order valence-electron chi connectivity index (χ4n) is 2.93. The normalized spacial score (nSPS) is 10.7. The van der Waals surface area contributed by atoms with E-state index in [4.69, 9.17) is 9.47 Å². The highest BCUT2D eigenvalue weighted by Crippen LogP contribution is 2.27. The lowest BCUT2D eigenvalue weighted by Crippen LogP contribution is -2.12. The van der Waals surface area contributed by atoms with Crippen molar-refractivity contribution in [3.63, 3.8) is 0 Å². The van der Waals surface area contributed by atoms with Gasteiger partial charge < -0.3 is 14.8 Å². The van der Waals surface area contributed by atoms with E-state index in [-0.39, 0.29) is 5.91 Å². The molecule has 1 amide bonds. The highest BCUT2D eigenvalue weighted by Gasteiger charge is 2.10. The molecule has 0 bridgehead atoms. The molecule has 5 heteroatoms. The molecule has 3 rings (SSSR count). The van der Waals surface area contributed by atoms with E-state index in [0.29, 0.717) is 30.4 Å². The van der Waals surface area contributed by atoms with Crippen molar-refractivity contribution in [3.05, 3.63) is 88.4 Å².